The van der Waals surface area contributed by atoms with Crippen molar-refractivity contribution in [2.24, 2.45) is 0 Å². The molecular weight excluding hydrogens is 354 g/mol. The van der Waals surface area contributed by atoms with Crippen molar-refractivity contribution in [3.63, 3.8) is 0 Å². The van der Waals surface area contributed by atoms with Crippen LogP contribution in [-0.4, -0.2) is 37.2 Å². The highest BCUT2D eigenvalue weighted by atomic mass is 16.6. The van der Waals surface area contributed by atoms with E-state index < -0.39 is 11.0 Å². The standard InChI is InChI=1S/C18H19N3O6/c1-11(19-12-3-5-16-17(9-12)27-8-7-26-16)18(22)20-14-10-13(21(23)24)4-6-15(14)25-2/h3-6,9-11,19H,7-8H2,1-2H3,(H,20,22). The Kier molecular flexibility index (Phi) is 5.30. The van der Waals surface area contributed by atoms with Crippen LogP contribution < -0.4 is 24.8 Å². The molecule has 2 aromatic carbocycles. The number of carbonyl (C=O) groups is 1. The average molecular weight is 373 g/mol. The van der Waals surface area contributed by atoms with Crippen molar-refractivity contribution < 1.29 is 23.9 Å². The smallest absolute Gasteiger partial charge is 0.271 e. The van der Waals surface area contributed by atoms with Crippen LogP contribution in [0.2, 0.25) is 0 Å². The summed E-state index contributed by atoms with van der Waals surface area (Å²) in [5.74, 6) is 1.23. The van der Waals surface area contributed by atoms with Gasteiger partial charge in [-0.25, -0.2) is 0 Å². The molecule has 0 saturated carbocycles. The molecule has 142 valence electrons. The van der Waals surface area contributed by atoms with Crippen molar-refractivity contribution in [1.82, 2.24) is 0 Å². The van der Waals surface area contributed by atoms with Crippen LogP contribution in [-0.2, 0) is 4.79 Å². The molecule has 0 aliphatic carbocycles. The molecule has 0 aromatic heterocycles. The minimum atomic E-state index is -0.614. The van der Waals surface area contributed by atoms with Crippen LogP contribution in [0.15, 0.2) is 36.4 Å². The van der Waals surface area contributed by atoms with Crippen molar-refractivity contribution in [1.29, 1.82) is 0 Å². The third-order valence-electron chi connectivity index (χ3n) is 3.97. The summed E-state index contributed by atoms with van der Waals surface area (Å²) in [6.07, 6.45) is 0. The lowest BCUT2D eigenvalue weighted by atomic mass is 10.2. The average Bonchev–Trinajstić information content (AvgIpc) is 2.67. The van der Waals surface area contributed by atoms with Gasteiger partial charge in [-0.3, -0.25) is 14.9 Å². The number of nitro groups is 1. The summed E-state index contributed by atoms with van der Waals surface area (Å²) in [6, 6.07) is 8.70. The largest absolute Gasteiger partial charge is 0.495 e. The highest BCUT2D eigenvalue weighted by Gasteiger charge is 2.19. The topological polar surface area (TPSA) is 112 Å². The first-order valence-corrected chi connectivity index (χ1v) is 8.27. The molecule has 9 nitrogen and oxygen atoms in total. The van der Waals surface area contributed by atoms with Gasteiger partial charge in [0.15, 0.2) is 11.5 Å². The van der Waals surface area contributed by atoms with Gasteiger partial charge in [-0.05, 0) is 25.1 Å². The second kappa shape index (κ2) is 7.81. The fourth-order valence-electron chi connectivity index (χ4n) is 2.60. The second-order valence-electron chi connectivity index (χ2n) is 5.86. The van der Waals surface area contributed by atoms with Gasteiger partial charge in [-0.2, -0.15) is 0 Å². The quantitative estimate of drug-likeness (QED) is 0.591. The Morgan fingerprint density at radius 2 is 1.93 bits per heavy atom. The first-order valence-electron chi connectivity index (χ1n) is 8.27. The number of benzene rings is 2. The van der Waals surface area contributed by atoms with Gasteiger partial charge < -0.3 is 24.8 Å². The van der Waals surface area contributed by atoms with Crippen molar-refractivity contribution in [2.75, 3.05) is 31.0 Å². The summed E-state index contributed by atoms with van der Waals surface area (Å²) in [5.41, 5.74) is 0.777. The molecule has 9 heteroatoms. The molecule has 3 rings (SSSR count). The summed E-state index contributed by atoms with van der Waals surface area (Å²) in [4.78, 5) is 22.9. The lowest BCUT2D eigenvalue weighted by molar-refractivity contribution is -0.384. The number of non-ortho nitro benzene ring substituents is 1. The van der Waals surface area contributed by atoms with E-state index in [4.69, 9.17) is 14.2 Å². The summed E-state index contributed by atoms with van der Waals surface area (Å²) in [6.45, 7) is 2.65. The van der Waals surface area contributed by atoms with E-state index in [0.29, 0.717) is 36.1 Å². The number of ether oxygens (including phenoxy) is 3. The van der Waals surface area contributed by atoms with Crippen LogP contribution in [0.4, 0.5) is 17.1 Å². The Hall–Kier alpha value is -3.49. The molecule has 0 fully saturated rings. The maximum absolute atomic E-state index is 12.5. The number of methoxy groups -OCH3 is 1. The zero-order valence-electron chi connectivity index (χ0n) is 14.9. The van der Waals surface area contributed by atoms with E-state index in [2.05, 4.69) is 10.6 Å². The third-order valence-corrected chi connectivity index (χ3v) is 3.97. The minimum Gasteiger partial charge on any atom is -0.495 e. The number of hydrogen-bond donors (Lipinski definition) is 2. The Labute approximate surface area is 155 Å². The minimum absolute atomic E-state index is 0.140. The SMILES string of the molecule is COc1ccc([N+](=O)[O-])cc1NC(=O)C(C)Nc1ccc2c(c1)OCCO2. The van der Waals surface area contributed by atoms with Crippen molar-refractivity contribution >= 4 is 23.0 Å². The lowest BCUT2D eigenvalue weighted by Gasteiger charge is -2.21. The summed E-state index contributed by atoms with van der Waals surface area (Å²) in [5, 5.41) is 16.7. The first-order chi connectivity index (χ1) is 13.0. The number of nitrogens with zero attached hydrogens (tertiary/aromatic N) is 1. The van der Waals surface area contributed by atoms with E-state index in [-0.39, 0.29) is 17.3 Å². The highest BCUT2D eigenvalue weighted by Crippen LogP contribution is 2.33. The zero-order valence-corrected chi connectivity index (χ0v) is 14.9. The predicted molar refractivity (Wildman–Crippen MR) is 98.8 cm³/mol. The van der Waals surface area contributed by atoms with E-state index in [1.807, 2.05) is 0 Å². The number of anilines is 2. The molecule has 0 saturated heterocycles. The van der Waals surface area contributed by atoms with Gasteiger partial charge in [0.25, 0.3) is 5.69 Å². The number of nitrogens with one attached hydrogen (secondary N) is 2. The van der Waals surface area contributed by atoms with Gasteiger partial charge in [0.05, 0.1) is 17.7 Å². The molecule has 0 radical (unpaired) electrons. The van der Waals surface area contributed by atoms with Crippen LogP contribution in [0, 0.1) is 10.1 Å². The second-order valence-corrected chi connectivity index (χ2v) is 5.86. The molecule has 1 heterocycles. The van der Waals surface area contributed by atoms with Crippen LogP contribution in [0.5, 0.6) is 17.2 Å². The van der Waals surface area contributed by atoms with Gasteiger partial charge in [-0.15, -0.1) is 0 Å². The van der Waals surface area contributed by atoms with Gasteiger partial charge >= 0.3 is 0 Å². The molecule has 2 N–H and O–H groups in total. The number of amides is 1. The number of rotatable bonds is 6. The Balaban J connectivity index is 1.71. The van der Waals surface area contributed by atoms with Crippen molar-refractivity contribution in [2.45, 2.75) is 13.0 Å². The van der Waals surface area contributed by atoms with Crippen LogP contribution in [0.3, 0.4) is 0 Å². The molecule has 2 aromatic rings. The molecule has 0 spiro atoms. The monoisotopic (exact) mass is 373 g/mol. The fourth-order valence-corrected chi connectivity index (χ4v) is 2.60. The van der Waals surface area contributed by atoms with Crippen LogP contribution in [0.1, 0.15) is 6.92 Å². The van der Waals surface area contributed by atoms with E-state index in [0.717, 1.165) is 0 Å². The van der Waals surface area contributed by atoms with E-state index in [9.17, 15) is 14.9 Å². The molecule has 27 heavy (non-hydrogen) atoms. The van der Waals surface area contributed by atoms with E-state index in [1.54, 1.807) is 25.1 Å². The Bertz CT molecular complexity index is 870. The lowest BCUT2D eigenvalue weighted by Crippen LogP contribution is -2.32. The number of fused-ring (bicyclic) bond motifs is 1. The van der Waals surface area contributed by atoms with Gasteiger partial charge in [0.2, 0.25) is 5.91 Å². The number of carbonyl (C=O) groups excluding carboxylic acids is 1. The molecule has 1 aliphatic heterocycles. The van der Waals surface area contributed by atoms with Crippen molar-refractivity contribution in [3.8, 4) is 17.2 Å². The van der Waals surface area contributed by atoms with Crippen LogP contribution in [0.25, 0.3) is 0 Å². The maximum atomic E-state index is 12.5. The summed E-state index contributed by atoms with van der Waals surface area (Å²) in [7, 11) is 1.42. The van der Waals surface area contributed by atoms with Gasteiger partial charge in [0, 0.05) is 23.9 Å². The predicted octanol–water partition coefficient (Wildman–Crippen LogP) is 2.81. The van der Waals surface area contributed by atoms with Gasteiger partial charge in [-0.1, -0.05) is 0 Å². The van der Waals surface area contributed by atoms with E-state index in [1.165, 1.54) is 25.3 Å². The first kappa shape index (κ1) is 18.3. The summed E-state index contributed by atoms with van der Waals surface area (Å²) < 4.78 is 16.1. The van der Waals surface area contributed by atoms with Crippen LogP contribution >= 0.6 is 0 Å². The molecule has 1 unspecified atom stereocenters. The Morgan fingerprint density at radius 3 is 2.63 bits per heavy atom. The molecule has 1 atom stereocenters. The normalized spacial score (nSPS) is 13.4. The number of nitro benzene ring substituents is 1. The highest BCUT2D eigenvalue weighted by molar-refractivity contribution is 5.97. The molecular formula is C18H19N3O6. The summed E-state index contributed by atoms with van der Waals surface area (Å²) >= 11 is 0. The van der Waals surface area contributed by atoms with E-state index >= 15 is 0 Å². The molecule has 1 aliphatic rings. The maximum Gasteiger partial charge on any atom is 0.271 e. The molecule has 1 amide bonds. The fraction of sp³-hybridized carbons (Fsp3) is 0.278. The molecule has 0 bridgehead atoms. The van der Waals surface area contributed by atoms with Crippen molar-refractivity contribution in [3.05, 3.63) is 46.5 Å². The number of hydrogen-bond acceptors (Lipinski definition) is 7. The third kappa shape index (κ3) is 4.20. The zero-order chi connectivity index (χ0) is 19.4. The Morgan fingerprint density at radius 1 is 1.19 bits per heavy atom. The van der Waals surface area contributed by atoms with Gasteiger partial charge in [0.1, 0.15) is 25.0 Å².